The number of methoxy groups -OCH3 is 2. The summed E-state index contributed by atoms with van der Waals surface area (Å²) in [5.41, 5.74) is 20.4. The number of esters is 2. The van der Waals surface area contributed by atoms with Crippen molar-refractivity contribution < 1.29 is 19.1 Å². The summed E-state index contributed by atoms with van der Waals surface area (Å²) in [5.74, 6) is -0.251. The number of carbonyl (C=O) groups is 2. The van der Waals surface area contributed by atoms with Crippen molar-refractivity contribution in [2.45, 2.75) is 36.5 Å². The van der Waals surface area contributed by atoms with Crippen molar-refractivity contribution in [3.05, 3.63) is 126 Å². The second-order valence-corrected chi connectivity index (χ2v) is 30.8. The van der Waals surface area contributed by atoms with Crippen molar-refractivity contribution in [3.8, 4) is 0 Å². The van der Waals surface area contributed by atoms with E-state index in [1.807, 2.05) is 0 Å². The largest absolute Gasteiger partial charge is 0.469 e. The Morgan fingerprint density at radius 1 is 0.267 bits per heavy atom. The summed E-state index contributed by atoms with van der Waals surface area (Å²) in [7, 11) is 3.01. The number of rotatable bonds is 6. The van der Waals surface area contributed by atoms with Gasteiger partial charge in [0.15, 0.2) is 0 Å². The summed E-state index contributed by atoms with van der Waals surface area (Å²) in [6, 6.07) is 18.4. The van der Waals surface area contributed by atoms with Gasteiger partial charge in [-0.3, -0.25) is 9.59 Å². The van der Waals surface area contributed by atoms with E-state index in [0.29, 0.717) is 0 Å². The highest BCUT2D eigenvalue weighted by atomic mass is 16.5. The minimum atomic E-state index is -0.199. The fraction of sp³-hybridized carbons (Fsp3) is 0.0930. The van der Waals surface area contributed by atoms with Crippen LogP contribution < -0.4 is 20.9 Å². The van der Waals surface area contributed by atoms with E-state index >= 15 is 0 Å². The second-order valence-electron chi connectivity index (χ2n) is 30.8. The van der Waals surface area contributed by atoms with E-state index in [1.54, 1.807) is 324 Å². The number of hydrogen-bond acceptors (Lipinski definition) is 4. The van der Waals surface area contributed by atoms with E-state index in [0.717, 1.165) is 11.1 Å². The normalized spacial score (nSPS) is 21.2. The Labute approximate surface area is 496 Å². The topological polar surface area (TPSA) is 52.6 Å². The smallest absolute Gasteiger partial charge is 0.309 e. The van der Waals surface area contributed by atoms with Gasteiger partial charge in [0.1, 0.15) is 0 Å². The van der Waals surface area contributed by atoms with E-state index in [-0.39, 0.29) is 48.5 Å². The van der Waals surface area contributed by atoms with Gasteiger partial charge in [-0.15, -0.1) is 0 Å². The maximum absolute atomic E-state index is 12.9. The molecular weight excluding hydrogens is 1100 g/mol. The minimum Gasteiger partial charge on any atom is -0.469 e. The van der Waals surface area contributed by atoms with Crippen LogP contribution in [0.1, 0.15) is 68.2 Å². The molecule has 0 spiro atoms. The SMILES string of the molecule is COC(=O)Cc1ccc(C2=C[C@H]3C4=c5c6c7c8c9c%10c(c%11c%12c3c3c5c5c%13c%14c%15c%16c%17c%18c%19c%20c%21c%22c%23c%24c(c%15c%15c%25c%24c%24c%23c%23c%21c(c%10c%23c%11c%24c%12c%25c3c%15%13)c3c9c9c7c7c6c5c%14c%17c7c%18c9c%203)[C@H]3C=C(c5ccc(CC(=O)OC)cc5)[C@H]%19C=%22C=%163)=C4[C@@H]28)cc1. The predicted octanol–water partition coefficient (Wildman–Crippen LogP) is 17.1. The van der Waals surface area contributed by atoms with Crippen LogP contribution in [0.5, 0.6) is 0 Å². The Kier molecular flexibility index (Phi) is 4.04. The molecule has 26 aromatic carbocycles. The minimum absolute atomic E-state index is 0.0140. The van der Waals surface area contributed by atoms with Gasteiger partial charge in [0.25, 0.3) is 0 Å². The molecule has 32 rings (SSSR count). The summed E-state index contributed by atoms with van der Waals surface area (Å²) in [4.78, 5) is 25.9. The zero-order valence-electron chi connectivity index (χ0n) is 47.1. The molecule has 4 heteroatoms. The molecule has 4 nitrogen and oxygen atoms in total. The number of fused-ring (bicyclic) bond motifs is 22. The fourth-order valence-electron chi connectivity index (χ4n) is 27.9. The lowest BCUT2D eigenvalue weighted by atomic mass is 9.63. The molecule has 392 valence electrons. The molecule has 0 aliphatic heterocycles. The van der Waals surface area contributed by atoms with E-state index in [2.05, 4.69) is 60.7 Å². The van der Waals surface area contributed by atoms with Crippen LogP contribution in [0.25, 0.3) is 292 Å². The Morgan fingerprint density at radius 3 is 0.722 bits per heavy atom. The van der Waals surface area contributed by atoms with Crippen LogP contribution in [0.4, 0.5) is 0 Å². The summed E-state index contributed by atoms with van der Waals surface area (Å²) in [5, 5.41) is 82.5. The van der Waals surface area contributed by atoms with Gasteiger partial charge in [0, 0.05) is 23.7 Å². The second kappa shape index (κ2) is 9.66. The maximum atomic E-state index is 12.9. The lowest BCUT2D eigenvalue weighted by Crippen LogP contribution is -2.28. The van der Waals surface area contributed by atoms with Crippen LogP contribution in [0, 0.1) is 0 Å². The average molecular weight is 1120 g/mol. The molecule has 0 radical (unpaired) electrons. The first kappa shape index (κ1) is 37.7. The molecule has 90 heavy (non-hydrogen) atoms. The van der Waals surface area contributed by atoms with Crippen LogP contribution in [0.2, 0.25) is 0 Å². The standard InChI is InChI=1S/C86H24O4/c1-89-23(87)11-15-3-7-17(8-4-15)19-13-21-27-31-25(19)33-45-51-35(27)43-37-29(21)39-49-41(31)57-47(33)66-79-64(45)81-70(51)77-59(43)76-60-44-36-28-22-14-20(18-9-5-16(6-10-18)12-24(88)90-2)26-32(28)42-50-40-30(22)38(44)54-62-56(40)73-69(50)85-75-58(42)48-34(26)46-52(36)71(78(60)77)82(81)65(46)80(79)67(48)83(66)86(75)74(57)84(85)68(49)72(73)55(39)61(62)53(37)63(54)76/h3-10,13-14,21-22,25-26H,11-12H2,1-2H3/t21-,22-,25-,26+/m0/s1. The molecule has 6 aliphatic rings. The van der Waals surface area contributed by atoms with Crippen LogP contribution >= 0.6 is 0 Å². The van der Waals surface area contributed by atoms with Crippen LogP contribution in [-0.4, -0.2) is 26.2 Å². The first-order chi connectivity index (χ1) is 44.6. The number of hydrogen-bond donors (Lipinski definition) is 0. The molecule has 6 aliphatic carbocycles. The van der Waals surface area contributed by atoms with Gasteiger partial charge in [-0.25, -0.2) is 0 Å². The molecule has 4 atom stereocenters. The van der Waals surface area contributed by atoms with Crippen LogP contribution in [0.15, 0.2) is 60.7 Å². The predicted molar refractivity (Wildman–Crippen MR) is 367 cm³/mol. The highest BCUT2D eigenvalue weighted by Crippen LogP contribution is 2.78. The van der Waals surface area contributed by atoms with Gasteiger partial charge in [-0.2, -0.15) is 0 Å². The molecule has 0 unspecified atom stereocenters. The number of benzene rings is 18. The van der Waals surface area contributed by atoms with Gasteiger partial charge in [-0.1, -0.05) is 60.7 Å². The molecule has 0 saturated carbocycles. The molecule has 0 saturated heterocycles. The first-order valence-electron chi connectivity index (χ1n) is 32.8. The van der Waals surface area contributed by atoms with Gasteiger partial charge < -0.3 is 9.47 Å². The van der Waals surface area contributed by atoms with Crippen molar-refractivity contribution >= 4 is 304 Å². The Hall–Kier alpha value is -10.9. The molecule has 0 heterocycles. The lowest BCUT2D eigenvalue weighted by Gasteiger charge is -2.39. The van der Waals surface area contributed by atoms with E-state index in [9.17, 15) is 9.59 Å². The Morgan fingerprint density at radius 2 is 0.478 bits per heavy atom. The van der Waals surface area contributed by atoms with Gasteiger partial charge in [0.2, 0.25) is 0 Å². The van der Waals surface area contributed by atoms with E-state index in [1.165, 1.54) is 36.5 Å². The number of allylic oxidation sites excluding steroid dienone is 4. The zero-order valence-corrected chi connectivity index (χ0v) is 47.1. The van der Waals surface area contributed by atoms with Crippen molar-refractivity contribution in [3.63, 3.8) is 0 Å². The van der Waals surface area contributed by atoms with Crippen LogP contribution in [-0.2, 0) is 31.9 Å². The third kappa shape index (κ3) is 2.51. The van der Waals surface area contributed by atoms with Crippen molar-refractivity contribution in [2.24, 2.45) is 0 Å². The Balaban J connectivity index is 0.964. The quantitative estimate of drug-likeness (QED) is 0.123. The summed E-state index contributed by atoms with van der Waals surface area (Å²) in [6.07, 6.45) is 6.24. The third-order valence-electron chi connectivity index (χ3n) is 29.3. The van der Waals surface area contributed by atoms with Crippen molar-refractivity contribution in [2.75, 3.05) is 14.2 Å². The number of carbonyl (C=O) groups excluding carboxylic acids is 2. The fourth-order valence-corrected chi connectivity index (χ4v) is 27.9. The van der Waals surface area contributed by atoms with Gasteiger partial charge >= 0.3 is 11.9 Å². The van der Waals surface area contributed by atoms with Gasteiger partial charge in [0.05, 0.1) is 27.1 Å². The molecule has 0 N–H and O–H groups in total. The van der Waals surface area contributed by atoms with E-state index in [4.69, 9.17) is 9.47 Å². The van der Waals surface area contributed by atoms with Crippen molar-refractivity contribution in [1.29, 1.82) is 0 Å². The first-order valence-corrected chi connectivity index (χ1v) is 32.8. The molecular formula is C86H24O4. The van der Waals surface area contributed by atoms with Gasteiger partial charge in [-0.05, 0) is 357 Å². The lowest BCUT2D eigenvalue weighted by molar-refractivity contribution is -0.140. The monoisotopic (exact) mass is 1120 g/mol. The molecule has 0 fully saturated rings. The van der Waals surface area contributed by atoms with Crippen molar-refractivity contribution in [1.82, 2.24) is 0 Å². The maximum Gasteiger partial charge on any atom is 0.309 e. The summed E-state index contributed by atoms with van der Waals surface area (Å²) in [6.45, 7) is 0. The van der Waals surface area contributed by atoms with Crippen LogP contribution in [0.3, 0.4) is 0 Å². The molecule has 0 amide bonds. The Bertz CT molecular complexity index is 8380. The zero-order chi connectivity index (χ0) is 55.5. The average Bonchev–Trinajstić information content (AvgIpc) is 1.40. The highest BCUT2D eigenvalue weighted by Gasteiger charge is 2.57. The third-order valence-corrected chi connectivity index (χ3v) is 29.3. The molecule has 26 aromatic rings. The number of ether oxygens (including phenoxy) is 2. The molecule has 0 aromatic heterocycles. The summed E-state index contributed by atoms with van der Waals surface area (Å²) >= 11 is 0. The van der Waals surface area contributed by atoms with E-state index < -0.39 is 0 Å². The molecule has 0 bridgehead atoms. The summed E-state index contributed by atoms with van der Waals surface area (Å²) < 4.78 is 10.5. The highest BCUT2D eigenvalue weighted by molar-refractivity contribution is 6.76.